The van der Waals surface area contributed by atoms with Gasteiger partial charge < -0.3 is 10.2 Å². The molecule has 1 N–H and O–H groups in total. The van der Waals surface area contributed by atoms with Gasteiger partial charge in [0.05, 0.1) is 0 Å². The number of anilines is 1. The van der Waals surface area contributed by atoms with Crippen molar-refractivity contribution < 1.29 is 18.0 Å². The Labute approximate surface area is 124 Å². The SMILES string of the molecule is CC(Nc1cc(Cl)nc(C(F)(F)F)n1)C(=O)N1CCCC1. The molecule has 5 nitrogen and oxygen atoms in total. The molecule has 1 atom stereocenters. The van der Waals surface area contributed by atoms with Gasteiger partial charge in [-0.3, -0.25) is 4.79 Å². The molecular formula is C12H14ClF3N4O. The van der Waals surface area contributed by atoms with Crippen molar-refractivity contribution in [2.24, 2.45) is 0 Å². The van der Waals surface area contributed by atoms with Gasteiger partial charge in [0.2, 0.25) is 11.7 Å². The van der Waals surface area contributed by atoms with Crippen LogP contribution in [0.5, 0.6) is 0 Å². The van der Waals surface area contributed by atoms with Crippen molar-refractivity contribution in [3.05, 3.63) is 17.0 Å². The molecule has 1 unspecified atom stereocenters. The summed E-state index contributed by atoms with van der Waals surface area (Å²) in [4.78, 5) is 20.2. The normalized spacial score (nSPS) is 16.9. The molecule has 0 bridgehead atoms. The van der Waals surface area contributed by atoms with E-state index in [1.807, 2.05) is 0 Å². The van der Waals surface area contributed by atoms with Crippen LogP contribution in [0, 0.1) is 0 Å². The van der Waals surface area contributed by atoms with Gasteiger partial charge in [-0.25, -0.2) is 9.97 Å². The Balaban J connectivity index is 2.11. The Morgan fingerprint density at radius 3 is 2.57 bits per heavy atom. The number of nitrogens with one attached hydrogen (secondary N) is 1. The van der Waals surface area contributed by atoms with Crippen molar-refractivity contribution in [1.29, 1.82) is 0 Å². The molecule has 0 saturated carbocycles. The number of hydrogen-bond donors (Lipinski definition) is 1. The molecule has 21 heavy (non-hydrogen) atoms. The second-order valence-corrected chi connectivity index (χ2v) is 5.18. The summed E-state index contributed by atoms with van der Waals surface area (Å²) in [6.07, 6.45) is -2.81. The van der Waals surface area contributed by atoms with E-state index in [9.17, 15) is 18.0 Å². The maximum Gasteiger partial charge on any atom is 0.451 e. The van der Waals surface area contributed by atoms with Crippen molar-refractivity contribution in [3.63, 3.8) is 0 Å². The fraction of sp³-hybridized carbons (Fsp3) is 0.583. The van der Waals surface area contributed by atoms with Gasteiger partial charge in [-0.1, -0.05) is 11.6 Å². The van der Waals surface area contributed by atoms with Crippen LogP contribution < -0.4 is 5.32 Å². The third-order valence-corrected chi connectivity index (χ3v) is 3.29. The Kier molecular flexibility index (Phi) is 4.55. The van der Waals surface area contributed by atoms with E-state index >= 15 is 0 Å². The van der Waals surface area contributed by atoms with Crippen molar-refractivity contribution in [1.82, 2.24) is 14.9 Å². The predicted molar refractivity (Wildman–Crippen MR) is 70.9 cm³/mol. The lowest BCUT2D eigenvalue weighted by Gasteiger charge is -2.21. The first-order chi connectivity index (χ1) is 9.77. The Bertz CT molecular complexity index is 532. The summed E-state index contributed by atoms with van der Waals surface area (Å²) in [6.45, 7) is 2.91. The second-order valence-electron chi connectivity index (χ2n) is 4.80. The van der Waals surface area contributed by atoms with E-state index in [0.29, 0.717) is 13.1 Å². The summed E-state index contributed by atoms with van der Waals surface area (Å²) in [6, 6.07) is 0.472. The lowest BCUT2D eigenvalue weighted by atomic mass is 10.3. The third kappa shape index (κ3) is 3.96. The molecule has 0 aliphatic carbocycles. The van der Waals surface area contributed by atoms with Crippen molar-refractivity contribution in [2.75, 3.05) is 18.4 Å². The van der Waals surface area contributed by atoms with Crippen molar-refractivity contribution in [3.8, 4) is 0 Å². The molecule has 1 aromatic rings. The van der Waals surface area contributed by atoms with Gasteiger partial charge in [0.15, 0.2) is 0 Å². The molecule has 1 aromatic heterocycles. The molecule has 0 spiro atoms. The van der Waals surface area contributed by atoms with Crippen LogP contribution in [0.3, 0.4) is 0 Å². The van der Waals surface area contributed by atoms with E-state index in [0.717, 1.165) is 18.9 Å². The first-order valence-corrected chi connectivity index (χ1v) is 6.82. The lowest BCUT2D eigenvalue weighted by Crippen LogP contribution is -2.39. The standard InChI is InChI=1S/C12H14ClF3N4O/c1-7(10(21)20-4-2-3-5-20)17-9-6-8(13)18-11(19-9)12(14,15)16/h6-7H,2-5H2,1H3,(H,17,18,19). The van der Waals surface area contributed by atoms with Gasteiger partial charge >= 0.3 is 6.18 Å². The lowest BCUT2D eigenvalue weighted by molar-refractivity contribution is -0.144. The number of hydrogen-bond acceptors (Lipinski definition) is 4. The first kappa shape index (κ1) is 15.8. The fourth-order valence-corrected chi connectivity index (χ4v) is 2.30. The molecule has 1 fully saturated rings. The predicted octanol–water partition coefficient (Wildman–Crippen LogP) is 2.57. The molecule has 116 valence electrons. The number of likely N-dealkylation sites (tertiary alicyclic amines) is 1. The van der Waals surface area contributed by atoms with Gasteiger partial charge in [-0.2, -0.15) is 13.2 Å². The highest BCUT2D eigenvalue weighted by Crippen LogP contribution is 2.28. The minimum absolute atomic E-state index is 0.123. The van der Waals surface area contributed by atoms with Crippen molar-refractivity contribution >= 4 is 23.3 Å². The molecular weight excluding hydrogens is 309 g/mol. The highest BCUT2D eigenvalue weighted by molar-refractivity contribution is 6.29. The highest BCUT2D eigenvalue weighted by atomic mass is 35.5. The maximum atomic E-state index is 12.6. The topological polar surface area (TPSA) is 58.1 Å². The number of amides is 1. The van der Waals surface area contributed by atoms with E-state index in [1.165, 1.54) is 0 Å². The summed E-state index contributed by atoms with van der Waals surface area (Å²) in [7, 11) is 0. The van der Waals surface area contributed by atoms with Crippen LogP contribution in [0.15, 0.2) is 6.07 Å². The smallest absolute Gasteiger partial charge is 0.358 e. The third-order valence-electron chi connectivity index (χ3n) is 3.10. The van der Waals surface area contributed by atoms with E-state index in [-0.39, 0.29) is 16.9 Å². The van der Waals surface area contributed by atoms with Crippen LogP contribution in [0.25, 0.3) is 0 Å². The van der Waals surface area contributed by atoms with Gasteiger partial charge in [0, 0.05) is 19.2 Å². The van der Waals surface area contributed by atoms with Crippen LogP contribution in [-0.4, -0.2) is 39.9 Å². The number of rotatable bonds is 3. The van der Waals surface area contributed by atoms with E-state index in [1.54, 1.807) is 11.8 Å². The second kappa shape index (κ2) is 6.05. The summed E-state index contributed by atoms with van der Waals surface area (Å²) in [5.41, 5.74) is 0. The van der Waals surface area contributed by atoms with Crippen LogP contribution in [-0.2, 0) is 11.0 Å². The van der Waals surface area contributed by atoms with Gasteiger partial charge in [0.1, 0.15) is 17.0 Å². The minimum atomic E-state index is -4.69. The molecule has 1 aliphatic heterocycles. The molecule has 9 heteroatoms. The van der Waals surface area contributed by atoms with Crippen molar-refractivity contribution in [2.45, 2.75) is 32.0 Å². The zero-order chi connectivity index (χ0) is 15.6. The zero-order valence-electron chi connectivity index (χ0n) is 11.2. The minimum Gasteiger partial charge on any atom is -0.358 e. The number of nitrogens with zero attached hydrogens (tertiary/aromatic N) is 3. The largest absolute Gasteiger partial charge is 0.451 e. The molecule has 2 heterocycles. The summed E-state index contributed by atoms with van der Waals surface area (Å²) in [5.74, 6) is -1.63. The van der Waals surface area contributed by atoms with Gasteiger partial charge in [0.25, 0.3) is 0 Å². The molecule has 1 amide bonds. The number of carbonyl (C=O) groups excluding carboxylic acids is 1. The monoisotopic (exact) mass is 322 g/mol. The highest BCUT2D eigenvalue weighted by Gasteiger charge is 2.35. The summed E-state index contributed by atoms with van der Waals surface area (Å²) in [5, 5.41) is 2.31. The van der Waals surface area contributed by atoms with E-state index in [2.05, 4.69) is 15.3 Å². The fourth-order valence-electron chi connectivity index (χ4n) is 2.11. The summed E-state index contributed by atoms with van der Waals surface area (Å²) < 4.78 is 37.8. The van der Waals surface area contributed by atoms with Crippen LogP contribution in [0.4, 0.5) is 19.0 Å². The van der Waals surface area contributed by atoms with Crippen LogP contribution >= 0.6 is 11.6 Å². The van der Waals surface area contributed by atoms with Gasteiger partial charge in [-0.05, 0) is 19.8 Å². The zero-order valence-corrected chi connectivity index (χ0v) is 12.0. The quantitative estimate of drug-likeness (QED) is 0.869. The Morgan fingerprint density at radius 1 is 1.38 bits per heavy atom. The van der Waals surface area contributed by atoms with E-state index in [4.69, 9.17) is 11.6 Å². The average molecular weight is 323 g/mol. The number of alkyl halides is 3. The molecule has 1 saturated heterocycles. The number of aromatic nitrogens is 2. The van der Waals surface area contributed by atoms with Crippen LogP contribution in [0.2, 0.25) is 5.15 Å². The molecule has 0 radical (unpaired) electrons. The summed E-state index contributed by atoms with van der Waals surface area (Å²) >= 11 is 5.56. The first-order valence-electron chi connectivity index (χ1n) is 6.44. The van der Waals surface area contributed by atoms with Crippen LogP contribution in [0.1, 0.15) is 25.6 Å². The molecule has 2 rings (SSSR count). The Morgan fingerprint density at radius 2 is 2.00 bits per heavy atom. The average Bonchev–Trinajstić information content (AvgIpc) is 2.89. The van der Waals surface area contributed by atoms with Gasteiger partial charge in [-0.15, -0.1) is 0 Å². The maximum absolute atomic E-state index is 12.6. The number of halogens is 4. The van der Waals surface area contributed by atoms with E-state index < -0.39 is 18.0 Å². The molecule has 1 aliphatic rings. The Hall–Kier alpha value is -1.57. The molecule has 0 aromatic carbocycles. The number of carbonyl (C=O) groups is 1.